The molecule has 3 N–H and O–H groups in total. The highest BCUT2D eigenvalue weighted by atomic mass is 35.5. The van der Waals surface area contributed by atoms with Gasteiger partial charge in [-0.2, -0.15) is 0 Å². The van der Waals surface area contributed by atoms with Gasteiger partial charge in [-0.1, -0.05) is 42.8 Å². The Labute approximate surface area is 102 Å². The molecule has 3 heteroatoms. The second-order valence-electron chi connectivity index (χ2n) is 3.98. The van der Waals surface area contributed by atoms with E-state index < -0.39 is 0 Å². The molecule has 0 saturated heterocycles. The summed E-state index contributed by atoms with van der Waals surface area (Å²) in [5.41, 5.74) is 6.24. The van der Waals surface area contributed by atoms with Crippen molar-refractivity contribution in [2.24, 2.45) is 5.84 Å². The molecule has 1 unspecified atom stereocenters. The Morgan fingerprint density at radius 3 is 2.81 bits per heavy atom. The number of hydrogen-bond acceptors (Lipinski definition) is 2. The van der Waals surface area contributed by atoms with Gasteiger partial charge in [-0.3, -0.25) is 11.3 Å². The van der Waals surface area contributed by atoms with Gasteiger partial charge in [0, 0.05) is 11.1 Å². The fraction of sp³-hybridized carbons (Fsp3) is 0.385. The maximum absolute atomic E-state index is 6.09. The maximum atomic E-state index is 6.09. The largest absolute Gasteiger partial charge is 0.271 e. The van der Waals surface area contributed by atoms with E-state index in [9.17, 15) is 0 Å². The summed E-state index contributed by atoms with van der Waals surface area (Å²) in [6.45, 7) is 8.12. The van der Waals surface area contributed by atoms with Crippen LogP contribution in [0.15, 0.2) is 30.4 Å². The van der Waals surface area contributed by atoms with E-state index in [1.807, 2.05) is 19.1 Å². The standard InChI is InChI=1S/C13H19ClN2/c1-4-9(2)8-13(16-15)11-6-5-7-12(14)10(11)3/h5-7,13,16H,2,4,8,15H2,1,3H3. The molecule has 1 aromatic rings. The predicted octanol–water partition coefficient (Wildman–Crippen LogP) is 3.51. The fourth-order valence-corrected chi connectivity index (χ4v) is 1.88. The second-order valence-corrected chi connectivity index (χ2v) is 4.39. The van der Waals surface area contributed by atoms with Crippen LogP contribution in [-0.4, -0.2) is 0 Å². The molecule has 1 aromatic carbocycles. The first-order valence-electron chi connectivity index (χ1n) is 5.48. The lowest BCUT2D eigenvalue weighted by molar-refractivity contribution is 0.542. The van der Waals surface area contributed by atoms with Crippen molar-refractivity contribution in [2.45, 2.75) is 32.7 Å². The molecular weight excluding hydrogens is 220 g/mol. The van der Waals surface area contributed by atoms with Gasteiger partial charge in [0.2, 0.25) is 0 Å². The normalized spacial score (nSPS) is 12.5. The SMILES string of the molecule is C=C(CC)CC(NN)c1cccc(Cl)c1C. The molecule has 0 amide bonds. The summed E-state index contributed by atoms with van der Waals surface area (Å²) in [5, 5.41) is 0.778. The topological polar surface area (TPSA) is 38.0 Å². The van der Waals surface area contributed by atoms with Crippen LogP contribution in [0.5, 0.6) is 0 Å². The van der Waals surface area contributed by atoms with Crippen LogP contribution in [0.1, 0.15) is 36.9 Å². The number of hydrazine groups is 1. The Hall–Kier alpha value is -0.830. The summed E-state index contributed by atoms with van der Waals surface area (Å²) in [5.74, 6) is 5.59. The monoisotopic (exact) mass is 238 g/mol. The van der Waals surface area contributed by atoms with Crippen molar-refractivity contribution >= 4 is 11.6 Å². The molecule has 0 aromatic heterocycles. The third kappa shape index (κ3) is 3.08. The lowest BCUT2D eigenvalue weighted by Gasteiger charge is -2.19. The van der Waals surface area contributed by atoms with Crippen molar-refractivity contribution in [3.05, 3.63) is 46.5 Å². The molecule has 1 rings (SSSR count). The van der Waals surface area contributed by atoms with Crippen molar-refractivity contribution in [2.75, 3.05) is 0 Å². The third-order valence-corrected chi connectivity index (χ3v) is 3.29. The highest BCUT2D eigenvalue weighted by Crippen LogP contribution is 2.27. The van der Waals surface area contributed by atoms with Gasteiger partial charge in [-0.05, 0) is 37.0 Å². The number of nitrogens with two attached hydrogens (primary N) is 1. The number of hydrogen-bond donors (Lipinski definition) is 2. The molecule has 0 aliphatic carbocycles. The predicted molar refractivity (Wildman–Crippen MR) is 70.3 cm³/mol. The zero-order chi connectivity index (χ0) is 12.1. The molecule has 0 spiro atoms. The molecule has 2 nitrogen and oxygen atoms in total. The molecule has 0 aliphatic rings. The Morgan fingerprint density at radius 1 is 1.56 bits per heavy atom. The van der Waals surface area contributed by atoms with Crippen LogP contribution in [0, 0.1) is 6.92 Å². The Balaban J connectivity index is 2.95. The van der Waals surface area contributed by atoms with E-state index in [0.717, 1.165) is 29.0 Å². The zero-order valence-electron chi connectivity index (χ0n) is 9.89. The first-order valence-corrected chi connectivity index (χ1v) is 5.85. The Bertz CT molecular complexity index is 374. The summed E-state index contributed by atoms with van der Waals surface area (Å²) < 4.78 is 0. The van der Waals surface area contributed by atoms with Crippen LogP contribution in [0.4, 0.5) is 0 Å². The molecule has 0 bridgehead atoms. The van der Waals surface area contributed by atoms with Gasteiger partial charge >= 0.3 is 0 Å². The third-order valence-electron chi connectivity index (χ3n) is 2.88. The summed E-state index contributed by atoms with van der Waals surface area (Å²) in [6, 6.07) is 5.98. The molecule has 88 valence electrons. The molecule has 0 saturated carbocycles. The van der Waals surface area contributed by atoms with Crippen LogP contribution in [0.2, 0.25) is 5.02 Å². The van der Waals surface area contributed by atoms with E-state index in [-0.39, 0.29) is 6.04 Å². The zero-order valence-corrected chi connectivity index (χ0v) is 10.6. The number of nitrogens with one attached hydrogen (secondary N) is 1. The average molecular weight is 239 g/mol. The van der Waals surface area contributed by atoms with Gasteiger partial charge in [0.25, 0.3) is 0 Å². The van der Waals surface area contributed by atoms with Crippen LogP contribution in [0.25, 0.3) is 0 Å². The highest BCUT2D eigenvalue weighted by Gasteiger charge is 2.14. The summed E-state index contributed by atoms with van der Waals surface area (Å²) in [7, 11) is 0. The molecular formula is C13H19ClN2. The smallest absolute Gasteiger partial charge is 0.0500 e. The molecule has 0 aliphatic heterocycles. The van der Waals surface area contributed by atoms with E-state index >= 15 is 0 Å². The van der Waals surface area contributed by atoms with Gasteiger partial charge in [-0.25, -0.2) is 0 Å². The van der Waals surface area contributed by atoms with E-state index in [4.69, 9.17) is 17.4 Å². The quantitative estimate of drug-likeness (QED) is 0.468. The minimum atomic E-state index is 0.0890. The van der Waals surface area contributed by atoms with E-state index in [1.165, 1.54) is 5.57 Å². The second kappa shape index (κ2) is 6.04. The summed E-state index contributed by atoms with van der Waals surface area (Å²) >= 11 is 6.09. The molecule has 1 atom stereocenters. The van der Waals surface area contributed by atoms with E-state index in [2.05, 4.69) is 25.0 Å². The van der Waals surface area contributed by atoms with Crippen molar-refractivity contribution in [1.82, 2.24) is 5.43 Å². The summed E-state index contributed by atoms with van der Waals surface area (Å²) in [4.78, 5) is 0. The van der Waals surface area contributed by atoms with Gasteiger partial charge < -0.3 is 0 Å². The van der Waals surface area contributed by atoms with Crippen LogP contribution < -0.4 is 11.3 Å². The number of benzene rings is 1. The fourth-order valence-electron chi connectivity index (χ4n) is 1.69. The van der Waals surface area contributed by atoms with Gasteiger partial charge in [0.1, 0.15) is 0 Å². The van der Waals surface area contributed by atoms with Crippen molar-refractivity contribution < 1.29 is 0 Å². The minimum absolute atomic E-state index is 0.0890. The summed E-state index contributed by atoms with van der Waals surface area (Å²) in [6.07, 6.45) is 1.81. The van der Waals surface area contributed by atoms with Gasteiger partial charge in [0.05, 0.1) is 0 Å². The Kier molecular flexibility index (Phi) is 5.00. The molecule has 0 radical (unpaired) electrons. The van der Waals surface area contributed by atoms with Crippen molar-refractivity contribution in [3.63, 3.8) is 0 Å². The Morgan fingerprint density at radius 2 is 2.25 bits per heavy atom. The molecule has 16 heavy (non-hydrogen) atoms. The van der Waals surface area contributed by atoms with Crippen LogP contribution >= 0.6 is 11.6 Å². The first kappa shape index (κ1) is 13.2. The number of halogens is 1. The van der Waals surface area contributed by atoms with Gasteiger partial charge in [0.15, 0.2) is 0 Å². The minimum Gasteiger partial charge on any atom is -0.271 e. The van der Waals surface area contributed by atoms with Crippen molar-refractivity contribution in [3.8, 4) is 0 Å². The van der Waals surface area contributed by atoms with Crippen LogP contribution in [-0.2, 0) is 0 Å². The van der Waals surface area contributed by atoms with Gasteiger partial charge in [-0.15, -0.1) is 0 Å². The molecule has 0 fully saturated rings. The van der Waals surface area contributed by atoms with Crippen molar-refractivity contribution in [1.29, 1.82) is 0 Å². The average Bonchev–Trinajstić information content (AvgIpc) is 2.29. The van der Waals surface area contributed by atoms with E-state index in [0.29, 0.717) is 0 Å². The molecule has 0 heterocycles. The van der Waals surface area contributed by atoms with E-state index in [1.54, 1.807) is 0 Å². The lowest BCUT2D eigenvalue weighted by Crippen LogP contribution is -2.28. The lowest BCUT2D eigenvalue weighted by atomic mass is 9.95. The maximum Gasteiger partial charge on any atom is 0.0500 e. The first-order chi connectivity index (χ1) is 7.60. The number of rotatable bonds is 5. The highest BCUT2D eigenvalue weighted by molar-refractivity contribution is 6.31. The van der Waals surface area contributed by atoms with Crippen LogP contribution in [0.3, 0.4) is 0 Å².